The third kappa shape index (κ3) is 4.13. The van der Waals surface area contributed by atoms with Gasteiger partial charge in [0.15, 0.2) is 0 Å². The number of rotatable bonds is 5. The zero-order valence-corrected chi connectivity index (χ0v) is 13.9. The van der Waals surface area contributed by atoms with Crippen molar-refractivity contribution in [1.82, 2.24) is 10.3 Å². The van der Waals surface area contributed by atoms with Gasteiger partial charge in [-0.3, -0.25) is 4.98 Å². The van der Waals surface area contributed by atoms with Crippen molar-refractivity contribution in [3.05, 3.63) is 62.8 Å². The van der Waals surface area contributed by atoms with Crippen molar-refractivity contribution in [3.63, 3.8) is 0 Å². The van der Waals surface area contributed by atoms with E-state index in [1.54, 1.807) is 0 Å². The smallest absolute Gasteiger partial charge is 0.0715 e. The summed E-state index contributed by atoms with van der Waals surface area (Å²) < 4.78 is 2.02. The van der Waals surface area contributed by atoms with Crippen LogP contribution < -0.4 is 5.32 Å². The largest absolute Gasteiger partial charge is 0.312 e. The van der Waals surface area contributed by atoms with Crippen LogP contribution in [0.3, 0.4) is 0 Å². The molecule has 0 saturated heterocycles. The van der Waals surface area contributed by atoms with Crippen LogP contribution in [0.4, 0.5) is 0 Å². The molecule has 1 N–H and O–H groups in total. The van der Waals surface area contributed by atoms with E-state index in [-0.39, 0.29) is 6.04 Å². The minimum Gasteiger partial charge on any atom is -0.312 e. The average Bonchev–Trinajstić information content (AvgIpc) is 2.42. The molecule has 19 heavy (non-hydrogen) atoms. The number of aryl methyl sites for hydroxylation is 1. The molecule has 1 aromatic heterocycles. The highest BCUT2D eigenvalue weighted by Gasteiger charge is 2.14. The van der Waals surface area contributed by atoms with Crippen LogP contribution >= 0.6 is 31.9 Å². The van der Waals surface area contributed by atoms with E-state index < -0.39 is 0 Å². The molecule has 1 atom stereocenters. The molecule has 0 saturated carbocycles. The predicted octanol–water partition coefficient (Wildman–Crippen LogP) is 4.50. The van der Waals surface area contributed by atoms with Crippen LogP contribution in [0.5, 0.6) is 0 Å². The standard InChI is InChI=1S/C15H16Br2N2/c1-18-14(8-7-11-5-3-2-4-6-11)15-13(17)9-12(16)10-19-15/h2-6,9-10,14,18H,7-8H2,1H3. The van der Waals surface area contributed by atoms with Gasteiger partial charge < -0.3 is 5.32 Å². The third-order valence-corrected chi connectivity index (χ3v) is 4.15. The van der Waals surface area contributed by atoms with Crippen LogP contribution in [0.1, 0.15) is 23.7 Å². The predicted molar refractivity (Wildman–Crippen MR) is 86.2 cm³/mol. The number of hydrogen-bond acceptors (Lipinski definition) is 2. The summed E-state index contributed by atoms with van der Waals surface area (Å²) in [5.41, 5.74) is 2.41. The molecule has 0 amide bonds. The molecule has 100 valence electrons. The lowest BCUT2D eigenvalue weighted by Gasteiger charge is -2.17. The van der Waals surface area contributed by atoms with E-state index in [2.05, 4.69) is 66.4 Å². The Morgan fingerprint density at radius 3 is 2.58 bits per heavy atom. The Kier molecular flexibility index (Phi) is 5.55. The third-order valence-electron chi connectivity index (χ3n) is 3.08. The fourth-order valence-corrected chi connectivity index (χ4v) is 3.32. The second-order valence-corrected chi connectivity index (χ2v) is 6.16. The van der Waals surface area contributed by atoms with Crippen molar-refractivity contribution >= 4 is 31.9 Å². The Labute approximate surface area is 130 Å². The van der Waals surface area contributed by atoms with Gasteiger partial charge in [-0.25, -0.2) is 0 Å². The summed E-state index contributed by atoms with van der Waals surface area (Å²) in [6.45, 7) is 0. The zero-order valence-electron chi connectivity index (χ0n) is 10.7. The van der Waals surface area contributed by atoms with Gasteiger partial charge in [0.2, 0.25) is 0 Å². The van der Waals surface area contributed by atoms with Gasteiger partial charge in [0.05, 0.1) is 11.7 Å². The lowest BCUT2D eigenvalue weighted by Crippen LogP contribution is -2.19. The lowest BCUT2D eigenvalue weighted by atomic mass is 10.0. The molecule has 2 nitrogen and oxygen atoms in total. The number of halogens is 2. The SMILES string of the molecule is CNC(CCc1ccccc1)c1ncc(Br)cc1Br. The normalized spacial score (nSPS) is 12.4. The minimum absolute atomic E-state index is 0.252. The fourth-order valence-electron chi connectivity index (χ4n) is 2.06. The van der Waals surface area contributed by atoms with E-state index in [0.29, 0.717) is 0 Å². The Morgan fingerprint density at radius 1 is 1.21 bits per heavy atom. The number of benzene rings is 1. The summed E-state index contributed by atoms with van der Waals surface area (Å²) in [6, 6.07) is 12.8. The number of nitrogens with one attached hydrogen (secondary N) is 1. The molecule has 2 aromatic rings. The topological polar surface area (TPSA) is 24.9 Å². The molecule has 1 heterocycles. The second kappa shape index (κ2) is 7.17. The first-order valence-electron chi connectivity index (χ1n) is 6.23. The van der Waals surface area contributed by atoms with Gasteiger partial charge in [-0.15, -0.1) is 0 Å². The summed E-state index contributed by atoms with van der Waals surface area (Å²) in [7, 11) is 1.98. The van der Waals surface area contributed by atoms with E-state index >= 15 is 0 Å². The molecule has 0 radical (unpaired) electrons. The summed E-state index contributed by atoms with van der Waals surface area (Å²) in [4.78, 5) is 4.51. The zero-order chi connectivity index (χ0) is 13.7. The molecule has 2 rings (SSSR count). The summed E-state index contributed by atoms with van der Waals surface area (Å²) >= 11 is 7.01. The van der Waals surface area contributed by atoms with Crippen molar-refractivity contribution in [2.24, 2.45) is 0 Å². The summed E-state index contributed by atoms with van der Waals surface area (Å²) in [6.07, 6.45) is 3.90. The second-order valence-electron chi connectivity index (χ2n) is 4.39. The van der Waals surface area contributed by atoms with Crippen molar-refractivity contribution in [1.29, 1.82) is 0 Å². The first-order valence-corrected chi connectivity index (χ1v) is 7.81. The Hall–Kier alpha value is -0.710. The first-order chi connectivity index (χ1) is 9.20. The number of pyridine rings is 1. The highest BCUT2D eigenvalue weighted by atomic mass is 79.9. The molecular formula is C15H16Br2N2. The van der Waals surface area contributed by atoms with Crippen LogP contribution in [0.2, 0.25) is 0 Å². The quantitative estimate of drug-likeness (QED) is 0.822. The minimum atomic E-state index is 0.252. The number of aromatic nitrogens is 1. The van der Waals surface area contributed by atoms with E-state index in [1.165, 1.54) is 5.56 Å². The molecule has 0 aliphatic carbocycles. The maximum atomic E-state index is 4.51. The molecular weight excluding hydrogens is 368 g/mol. The van der Waals surface area contributed by atoms with Crippen molar-refractivity contribution < 1.29 is 0 Å². The lowest BCUT2D eigenvalue weighted by molar-refractivity contribution is 0.533. The van der Waals surface area contributed by atoms with Crippen LogP contribution in [0.25, 0.3) is 0 Å². The first kappa shape index (κ1) is 14.7. The number of nitrogens with zero attached hydrogens (tertiary/aromatic N) is 1. The molecule has 0 aliphatic rings. The Bertz CT molecular complexity index is 529. The van der Waals surface area contributed by atoms with E-state index in [1.807, 2.05) is 25.4 Å². The van der Waals surface area contributed by atoms with Gasteiger partial charge in [0.1, 0.15) is 0 Å². The highest BCUT2D eigenvalue weighted by molar-refractivity contribution is 9.11. The molecule has 0 spiro atoms. The molecule has 0 bridgehead atoms. The highest BCUT2D eigenvalue weighted by Crippen LogP contribution is 2.27. The van der Waals surface area contributed by atoms with E-state index in [9.17, 15) is 0 Å². The van der Waals surface area contributed by atoms with Gasteiger partial charge in [-0.05, 0) is 63.4 Å². The summed E-state index contributed by atoms with van der Waals surface area (Å²) in [5.74, 6) is 0. The molecule has 4 heteroatoms. The van der Waals surface area contributed by atoms with Gasteiger partial charge in [0.25, 0.3) is 0 Å². The Balaban J connectivity index is 2.08. The maximum Gasteiger partial charge on any atom is 0.0715 e. The van der Waals surface area contributed by atoms with E-state index in [4.69, 9.17) is 0 Å². The van der Waals surface area contributed by atoms with E-state index in [0.717, 1.165) is 27.5 Å². The molecule has 0 aliphatic heterocycles. The Morgan fingerprint density at radius 2 is 1.95 bits per heavy atom. The molecule has 0 fully saturated rings. The van der Waals surface area contributed by atoms with Gasteiger partial charge in [0, 0.05) is 15.1 Å². The van der Waals surface area contributed by atoms with Crippen LogP contribution in [-0.2, 0) is 6.42 Å². The van der Waals surface area contributed by atoms with Crippen molar-refractivity contribution in [2.75, 3.05) is 7.05 Å². The van der Waals surface area contributed by atoms with Crippen molar-refractivity contribution in [3.8, 4) is 0 Å². The molecule has 1 aromatic carbocycles. The van der Waals surface area contributed by atoms with Gasteiger partial charge >= 0.3 is 0 Å². The molecule has 1 unspecified atom stereocenters. The van der Waals surface area contributed by atoms with Crippen LogP contribution in [-0.4, -0.2) is 12.0 Å². The fraction of sp³-hybridized carbons (Fsp3) is 0.267. The van der Waals surface area contributed by atoms with Gasteiger partial charge in [-0.2, -0.15) is 0 Å². The van der Waals surface area contributed by atoms with Crippen molar-refractivity contribution in [2.45, 2.75) is 18.9 Å². The number of hydrogen-bond donors (Lipinski definition) is 1. The monoisotopic (exact) mass is 382 g/mol. The average molecular weight is 384 g/mol. The maximum absolute atomic E-state index is 4.51. The van der Waals surface area contributed by atoms with Crippen LogP contribution in [0.15, 0.2) is 51.5 Å². The van der Waals surface area contributed by atoms with Gasteiger partial charge in [-0.1, -0.05) is 30.3 Å². The van der Waals surface area contributed by atoms with Crippen LogP contribution in [0, 0.1) is 0 Å². The summed E-state index contributed by atoms with van der Waals surface area (Å²) in [5, 5.41) is 3.34.